The minimum Gasteiger partial charge on any atom is -0.352 e. The molecular weight excluding hydrogens is 354 g/mol. The SMILES string of the molecule is CCCC(C)(CC)[C@H](CCCNC(N)=O)NC(=O)C1(C(=O)C(C)(C)C)CCC1. The summed E-state index contributed by atoms with van der Waals surface area (Å²) in [6.45, 7) is 12.7. The second kappa shape index (κ2) is 9.75. The number of nitrogens with two attached hydrogens (primary N) is 1. The zero-order chi connectivity index (χ0) is 21.6. The lowest BCUT2D eigenvalue weighted by Crippen LogP contribution is -2.58. The second-order valence-corrected chi connectivity index (χ2v) is 9.73. The number of rotatable bonds is 11. The zero-order valence-electron chi connectivity index (χ0n) is 18.7. The summed E-state index contributed by atoms with van der Waals surface area (Å²) in [5, 5.41) is 5.89. The molecule has 1 aliphatic rings. The second-order valence-electron chi connectivity index (χ2n) is 9.73. The molecule has 0 aromatic heterocycles. The molecule has 162 valence electrons. The van der Waals surface area contributed by atoms with Gasteiger partial charge in [0, 0.05) is 18.0 Å². The van der Waals surface area contributed by atoms with Crippen LogP contribution in [-0.4, -0.2) is 30.3 Å². The Balaban J connectivity index is 2.98. The average molecular weight is 396 g/mol. The summed E-state index contributed by atoms with van der Waals surface area (Å²) in [4.78, 5) is 37.3. The molecule has 1 saturated carbocycles. The smallest absolute Gasteiger partial charge is 0.312 e. The fourth-order valence-corrected chi connectivity index (χ4v) is 4.38. The van der Waals surface area contributed by atoms with Gasteiger partial charge >= 0.3 is 6.03 Å². The van der Waals surface area contributed by atoms with Gasteiger partial charge < -0.3 is 16.4 Å². The van der Waals surface area contributed by atoms with Gasteiger partial charge in [-0.2, -0.15) is 0 Å². The van der Waals surface area contributed by atoms with Gasteiger partial charge in [0.15, 0.2) is 5.78 Å². The maximum atomic E-state index is 13.3. The van der Waals surface area contributed by atoms with Crippen LogP contribution in [0.2, 0.25) is 0 Å². The Bertz CT molecular complexity index is 564. The Labute approximate surface area is 170 Å². The van der Waals surface area contributed by atoms with E-state index in [0.717, 1.165) is 38.5 Å². The molecule has 0 bridgehead atoms. The first-order chi connectivity index (χ1) is 12.9. The van der Waals surface area contributed by atoms with E-state index >= 15 is 0 Å². The molecule has 1 fully saturated rings. The van der Waals surface area contributed by atoms with Gasteiger partial charge in [0.1, 0.15) is 5.41 Å². The Kier molecular flexibility index (Phi) is 8.51. The number of carbonyl (C=O) groups excluding carboxylic acids is 3. The van der Waals surface area contributed by atoms with E-state index in [4.69, 9.17) is 5.73 Å². The summed E-state index contributed by atoms with van der Waals surface area (Å²) < 4.78 is 0. The molecule has 4 N–H and O–H groups in total. The molecule has 0 spiro atoms. The fourth-order valence-electron chi connectivity index (χ4n) is 4.38. The summed E-state index contributed by atoms with van der Waals surface area (Å²) in [6.07, 6.45) is 6.64. The Morgan fingerprint density at radius 1 is 1.11 bits per heavy atom. The van der Waals surface area contributed by atoms with Crippen molar-refractivity contribution < 1.29 is 14.4 Å². The highest BCUT2D eigenvalue weighted by molar-refractivity contribution is 6.09. The lowest BCUT2D eigenvalue weighted by molar-refractivity contribution is -0.154. The minimum atomic E-state index is -0.872. The maximum Gasteiger partial charge on any atom is 0.312 e. The summed E-state index contributed by atoms with van der Waals surface area (Å²) in [5.41, 5.74) is 3.70. The predicted octanol–water partition coefficient (Wildman–Crippen LogP) is 3.92. The van der Waals surface area contributed by atoms with Gasteiger partial charge in [-0.1, -0.05) is 54.4 Å². The number of hydrogen-bond donors (Lipinski definition) is 3. The third-order valence-electron chi connectivity index (χ3n) is 6.50. The van der Waals surface area contributed by atoms with Crippen LogP contribution < -0.4 is 16.4 Å². The van der Waals surface area contributed by atoms with Crippen molar-refractivity contribution in [1.82, 2.24) is 10.6 Å². The number of Topliss-reactive ketones (excluding diaryl/α,β-unsaturated/α-hetero) is 1. The molecular formula is C22H41N3O3. The summed E-state index contributed by atoms with van der Waals surface area (Å²) >= 11 is 0. The average Bonchev–Trinajstić information content (AvgIpc) is 2.55. The third-order valence-corrected chi connectivity index (χ3v) is 6.50. The van der Waals surface area contributed by atoms with E-state index < -0.39 is 16.9 Å². The van der Waals surface area contributed by atoms with E-state index in [9.17, 15) is 14.4 Å². The number of urea groups is 1. The van der Waals surface area contributed by atoms with Crippen LogP contribution in [0.3, 0.4) is 0 Å². The van der Waals surface area contributed by atoms with Crippen molar-refractivity contribution in [3.05, 3.63) is 0 Å². The van der Waals surface area contributed by atoms with Crippen molar-refractivity contribution in [2.45, 2.75) is 99.0 Å². The zero-order valence-corrected chi connectivity index (χ0v) is 18.7. The highest BCUT2D eigenvalue weighted by atomic mass is 16.2. The van der Waals surface area contributed by atoms with Gasteiger partial charge in [0.25, 0.3) is 0 Å². The molecule has 28 heavy (non-hydrogen) atoms. The van der Waals surface area contributed by atoms with Crippen molar-refractivity contribution in [3.63, 3.8) is 0 Å². The van der Waals surface area contributed by atoms with Crippen LogP contribution in [0.1, 0.15) is 92.9 Å². The molecule has 6 nitrogen and oxygen atoms in total. The van der Waals surface area contributed by atoms with Crippen molar-refractivity contribution in [2.24, 2.45) is 22.0 Å². The summed E-state index contributed by atoms with van der Waals surface area (Å²) in [5.74, 6) is -0.0612. The third kappa shape index (κ3) is 5.71. The van der Waals surface area contributed by atoms with Gasteiger partial charge in [0.05, 0.1) is 0 Å². The van der Waals surface area contributed by atoms with Crippen LogP contribution in [0.5, 0.6) is 0 Å². The fraction of sp³-hybridized carbons (Fsp3) is 0.864. The molecule has 0 saturated heterocycles. The molecule has 0 radical (unpaired) electrons. The summed E-state index contributed by atoms with van der Waals surface area (Å²) in [7, 11) is 0. The van der Waals surface area contributed by atoms with Crippen molar-refractivity contribution in [1.29, 1.82) is 0 Å². The van der Waals surface area contributed by atoms with Gasteiger partial charge in [-0.15, -0.1) is 0 Å². The van der Waals surface area contributed by atoms with Crippen LogP contribution in [0, 0.1) is 16.2 Å². The van der Waals surface area contributed by atoms with E-state index in [-0.39, 0.29) is 23.1 Å². The lowest BCUT2D eigenvalue weighted by atomic mass is 9.59. The Morgan fingerprint density at radius 3 is 2.11 bits per heavy atom. The predicted molar refractivity (Wildman–Crippen MR) is 113 cm³/mol. The monoisotopic (exact) mass is 395 g/mol. The normalized spacial score (nSPS) is 19.1. The Morgan fingerprint density at radius 2 is 1.71 bits per heavy atom. The molecule has 1 aliphatic carbocycles. The van der Waals surface area contributed by atoms with Crippen molar-refractivity contribution in [3.8, 4) is 0 Å². The van der Waals surface area contributed by atoms with Crippen LogP contribution in [0.15, 0.2) is 0 Å². The molecule has 0 aliphatic heterocycles. The number of primary amides is 1. The minimum absolute atomic E-state index is 0.0372. The first kappa shape index (κ1) is 24.4. The number of carbonyl (C=O) groups is 3. The lowest BCUT2D eigenvalue weighted by Gasteiger charge is -2.45. The summed E-state index contributed by atoms with van der Waals surface area (Å²) in [6, 6.07) is -0.568. The van der Waals surface area contributed by atoms with Gasteiger partial charge in [-0.05, 0) is 43.9 Å². The van der Waals surface area contributed by atoms with E-state index in [0.29, 0.717) is 19.4 Å². The van der Waals surface area contributed by atoms with Crippen LogP contribution in [0.4, 0.5) is 4.79 Å². The van der Waals surface area contributed by atoms with Crippen molar-refractivity contribution in [2.75, 3.05) is 6.54 Å². The van der Waals surface area contributed by atoms with Gasteiger partial charge in [0.2, 0.25) is 5.91 Å². The Hall–Kier alpha value is -1.59. The van der Waals surface area contributed by atoms with Crippen LogP contribution in [-0.2, 0) is 9.59 Å². The quantitative estimate of drug-likeness (QED) is 0.365. The number of nitrogens with one attached hydrogen (secondary N) is 2. The standard InChI is InChI=1S/C22H41N3O3/c1-7-12-21(6,8-2)16(11-9-15-24-19(23)28)25-18(27)22(13-10-14-22)17(26)20(3,4)5/h16H,7-15H2,1-6H3,(H,25,27)(H3,23,24,28)/t16-,21?/m0/s1. The van der Waals surface area contributed by atoms with E-state index in [2.05, 4.69) is 31.4 Å². The molecule has 3 amide bonds. The van der Waals surface area contributed by atoms with Crippen LogP contribution in [0.25, 0.3) is 0 Å². The van der Waals surface area contributed by atoms with Crippen LogP contribution >= 0.6 is 0 Å². The maximum absolute atomic E-state index is 13.3. The first-order valence-corrected chi connectivity index (χ1v) is 10.8. The van der Waals surface area contributed by atoms with Crippen molar-refractivity contribution >= 4 is 17.7 Å². The largest absolute Gasteiger partial charge is 0.352 e. The highest BCUT2D eigenvalue weighted by Gasteiger charge is 2.54. The number of amides is 3. The number of hydrogen-bond acceptors (Lipinski definition) is 3. The molecule has 1 unspecified atom stereocenters. The van der Waals surface area contributed by atoms with E-state index in [1.165, 1.54) is 0 Å². The van der Waals surface area contributed by atoms with E-state index in [1.807, 2.05) is 20.8 Å². The van der Waals surface area contributed by atoms with Gasteiger partial charge in [-0.25, -0.2) is 4.79 Å². The van der Waals surface area contributed by atoms with E-state index in [1.54, 1.807) is 0 Å². The highest BCUT2D eigenvalue weighted by Crippen LogP contribution is 2.47. The topological polar surface area (TPSA) is 101 Å². The molecule has 1 rings (SSSR count). The molecule has 6 heteroatoms. The number of ketones is 1. The molecule has 0 aromatic rings. The molecule has 0 aromatic carbocycles. The first-order valence-electron chi connectivity index (χ1n) is 10.8. The molecule has 2 atom stereocenters. The van der Waals surface area contributed by atoms with Gasteiger partial charge in [-0.3, -0.25) is 9.59 Å². The molecule has 0 heterocycles.